The van der Waals surface area contributed by atoms with E-state index >= 15 is 0 Å². The Morgan fingerprint density at radius 3 is 0.900 bits per heavy atom. The lowest BCUT2D eigenvalue weighted by Gasteiger charge is -1.79. The molecule has 0 bridgehead atoms. The van der Waals surface area contributed by atoms with E-state index < -0.39 is 17.9 Å². The molecule has 0 aliphatic rings. The van der Waals surface area contributed by atoms with E-state index in [0.717, 1.165) is 6.92 Å². The fourth-order valence-electron chi connectivity index (χ4n) is 0.385. The van der Waals surface area contributed by atoms with Crippen LogP contribution in [-0.2, 0) is 24.1 Å². The molecule has 1 aromatic carbocycles. The number of carbonyl (C=O) groups excluding carboxylic acids is 2. The van der Waals surface area contributed by atoms with Crippen molar-refractivity contribution >= 4 is 17.9 Å². The summed E-state index contributed by atoms with van der Waals surface area (Å²) in [6.45, 7) is 3.56. The summed E-state index contributed by atoms with van der Waals surface area (Å²) in [7, 11) is 0. The van der Waals surface area contributed by atoms with E-state index in [-0.39, 0.29) is 0 Å². The van der Waals surface area contributed by atoms with Crippen LogP contribution in [0.3, 0.4) is 0 Å². The van der Waals surface area contributed by atoms with Crippen molar-refractivity contribution in [2.24, 2.45) is 11.8 Å². The number of hydrogen-bond donors (Lipinski definition) is 3. The molecular weight excluding hydrogens is 268 g/mol. The highest BCUT2D eigenvalue weighted by atomic mass is 16.7. The zero-order chi connectivity index (χ0) is 16.4. The largest absolute Gasteiger partial charge is 0.481 e. The summed E-state index contributed by atoms with van der Waals surface area (Å²) in [5.41, 5.74) is 0. The first-order valence-corrected chi connectivity index (χ1v) is 5.22. The molecule has 1 rings (SSSR count). The van der Waals surface area contributed by atoms with Gasteiger partial charge in [0.2, 0.25) is 0 Å². The summed E-state index contributed by atoms with van der Waals surface area (Å²) in [6, 6.07) is 12.0. The minimum atomic E-state index is -0.833. The zero-order valence-corrected chi connectivity index (χ0v) is 11.6. The van der Waals surface area contributed by atoms with E-state index in [9.17, 15) is 9.59 Å². The van der Waals surface area contributed by atoms with Gasteiger partial charge in [-0.15, -0.1) is 0 Å². The van der Waals surface area contributed by atoms with Crippen LogP contribution >= 0.6 is 0 Å². The van der Waals surface area contributed by atoms with E-state index in [1.165, 1.54) is 13.8 Å². The molecule has 0 aliphatic heterocycles. The lowest BCUT2D eigenvalue weighted by atomic mass is 10.4. The minimum Gasteiger partial charge on any atom is -0.481 e. The fourth-order valence-corrected chi connectivity index (χ4v) is 0.385. The van der Waals surface area contributed by atoms with Crippen molar-refractivity contribution in [3.05, 3.63) is 36.4 Å². The van der Waals surface area contributed by atoms with Gasteiger partial charge in [0, 0.05) is 20.8 Å². The number of benzene rings is 1. The maximum Gasteiger partial charge on any atom is 0.321 e. The van der Waals surface area contributed by atoms with Gasteiger partial charge in [0.15, 0.2) is 0 Å². The fraction of sp³-hybridized carbons (Fsp3) is 0.250. The first kappa shape index (κ1) is 22.7. The molecule has 8 heteroatoms. The highest BCUT2D eigenvalue weighted by molar-refractivity contribution is 5.65. The lowest BCUT2D eigenvalue weighted by Crippen LogP contribution is -2.03. The van der Waals surface area contributed by atoms with Crippen molar-refractivity contribution < 1.29 is 29.2 Å². The lowest BCUT2D eigenvalue weighted by molar-refractivity contribution is -0.142. The third-order valence-corrected chi connectivity index (χ3v) is 0.999. The Labute approximate surface area is 117 Å². The molecule has 0 saturated carbocycles. The zero-order valence-electron chi connectivity index (χ0n) is 11.6. The molecule has 0 radical (unpaired) electrons. The smallest absolute Gasteiger partial charge is 0.321 e. The molecule has 8 nitrogen and oxygen atoms in total. The highest BCUT2D eigenvalue weighted by Gasteiger charge is 1.77. The quantitative estimate of drug-likeness (QED) is 0.590. The summed E-state index contributed by atoms with van der Waals surface area (Å²) in [5.74, 6) is 6.88. The van der Waals surface area contributed by atoms with Crippen LogP contribution in [0.25, 0.3) is 0 Å². The van der Waals surface area contributed by atoms with Crippen molar-refractivity contribution in [2.45, 2.75) is 20.8 Å². The van der Waals surface area contributed by atoms with Crippen LogP contribution in [0.15, 0.2) is 36.4 Å². The average molecular weight is 288 g/mol. The van der Waals surface area contributed by atoms with Gasteiger partial charge in [-0.05, 0) is 0 Å². The standard InChI is InChI=1S/C6H6.2C2H5NO2.C2H4O2/c1-2-4-6-5-3-1;2*1-2(4)5-3;1-2(3)4/h1-6H;2*3H2,1H3;1H3,(H,3,4). The number of nitrogens with two attached hydrogens (primary N) is 2. The van der Waals surface area contributed by atoms with Crippen LogP contribution in [0.2, 0.25) is 0 Å². The third kappa shape index (κ3) is 57.8. The van der Waals surface area contributed by atoms with Crippen LogP contribution in [0.5, 0.6) is 0 Å². The second-order valence-corrected chi connectivity index (χ2v) is 2.89. The number of rotatable bonds is 0. The van der Waals surface area contributed by atoms with Gasteiger partial charge in [-0.25, -0.2) is 0 Å². The maximum atomic E-state index is 9.47. The number of carbonyl (C=O) groups is 3. The summed E-state index contributed by atoms with van der Waals surface area (Å²) in [5, 5.41) is 7.42. The van der Waals surface area contributed by atoms with Crippen LogP contribution in [0.1, 0.15) is 20.8 Å². The Balaban J connectivity index is -0.000000195. The Bertz CT molecular complexity index is 312. The molecule has 0 saturated heterocycles. The maximum absolute atomic E-state index is 9.47. The SMILES string of the molecule is CC(=O)O.CC(=O)ON.CC(=O)ON.c1ccccc1. The van der Waals surface area contributed by atoms with E-state index in [0.29, 0.717) is 0 Å². The Morgan fingerprint density at radius 1 is 0.750 bits per heavy atom. The minimum absolute atomic E-state index is 0.468. The molecule has 0 amide bonds. The average Bonchev–Trinajstić information content (AvgIpc) is 2.41. The second kappa shape index (κ2) is 18.9. The summed E-state index contributed by atoms with van der Waals surface area (Å²) < 4.78 is 0. The normalized spacial score (nSPS) is 7.05. The number of carboxylic acid groups (broad SMARTS) is 1. The van der Waals surface area contributed by atoms with Crippen LogP contribution in [0, 0.1) is 0 Å². The molecule has 0 atom stereocenters. The molecular formula is C12H20N2O6. The molecule has 0 spiro atoms. The number of carboxylic acids is 1. The van der Waals surface area contributed by atoms with Crippen molar-refractivity contribution in [3.63, 3.8) is 0 Å². The van der Waals surface area contributed by atoms with E-state index in [4.69, 9.17) is 9.90 Å². The van der Waals surface area contributed by atoms with Crippen molar-refractivity contribution in [3.8, 4) is 0 Å². The van der Waals surface area contributed by atoms with Crippen molar-refractivity contribution in [1.29, 1.82) is 0 Å². The molecule has 1 aromatic rings. The van der Waals surface area contributed by atoms with Gasteiger partial charge >= 0.3 is 11.9 Å². The third-order valence-electron chi connectivity index (χ3n) is 0.999. The second-order valence-electron chi connectivity index (χ2n) is 2.89. The molecule has 0 aliphatic carbocycles. The van der Waals surface area contributed by atoms with Gasteiger partial charge < -0.3 is 14.8 Å². The van der Waals surface area contributed by atoms with Crippen molar-refractivity contribution in [2.75, 3.05) is 0 Å². The van der Waals surface area contributed by atoms with Crippen molar-refractivity contribution in [1.82, 2.24) is 0 Å². The summed E-state index contributed by atoms with van der Waals surface area (Å²) in [6.07, 6.45) is 0. The summed E-state index contributed by atoms with van der Waals surface area (Å²) >= 11 is 0. The molecule has 0 fully saturated rings. The topological polar surface area (TPSA) is 142 Å². The van der Waals surface area contributed by atoms with Gasteiger partial charge in [0.25, 0.3) is 5.97 Å². The first-order valence-electron chi connectivity index (χ1n) is 5.22. The number of aliphatic carboxylic acids is 1. The molecule has 20 heavy (non-hydrogen) atoms. The van der Waals surface area contributed by atoms with Gasteiger partial charge in [-0.1, -0.05) is 36.4 Å². The van der Waals surface area contributed by atoms with E-state index in [2.05, 4.69) is 21.5 Å². The van der Waals surface area contributed by atoms with E-state index in [1.54, 1.807) is 0 Å². The predicted octanol–water partition coefficient (Wildman–Crippen LogP) is 0.624. The Morgan fingerprint density at radius 2 is 0.850 bits per heavy atom. The molecule has 0 heterocycles. The molecule has 114 valence electrons. The highest BCUT2D eigenvalue weighted by Crippen LogP contribution is 1.79. The van der Waals surface area contributed by atoms with Gasteiger partial charge in [-0.3, -0.25) is 14.4 Å². The number of hydrogen-bond acceptors (Lipinski definition) is 7. The van der Waals surface area contributed by atoms with Gasteiger partial charge in [0.1, 0.15) is 0 Å². The molecule has 0 aromatic heterocycles. The first-order chi connectivity index (χ1) is 9.27. The van der Waals surface area contributed by atoms with Crippen LogP contribution in [-0.4, -0.2) is 23.0 Å². The monoisotopic (exact) mass is 288 g/mol. The summed E-state index contributed by atoms with van der Waals surface area (Å²) in [4.78, 5) is 35.2. The predicted molar refractivity (Wildman–Crippen MR) is 71.7 cm³/mol. The van der Waals surface area contributed by atoms with Crippen LogP contribution in [0.4, 0.5) is 0 Å². The van der Waals surface area contributed by atoms with Crippen LogP contribution < -0.4 is 11.8 Å². The Hall–Kier alpha value is -2.45. The molecule has 0 unspecified atom stereocenters. The molecule has 5 N–H and O–H groups in total. The van der Waals surface area contributed by atoms with E-state index in [1.807, 2.05) is 36.4 Å². The van der Waals surface area contributed by atoms with Gasteiger partial charge in [-0.2, -0.15) is 11.8 Å². The van der Waals surface area contributed by atoms with Gasteiger partial charge in [0.05, 0.1) is 0 Å². The Kier molecular flexibility index (Phi) is 21.5.